The molecule has 0 spiro atoms. The summed E-state index contributed by atoms with van der Waals surface area (Å²) in [5, 5.41) is 13.2. The van der Waals surface area contributed by atoms with Crippen molar-refractivity contribution >= 4 is 28.1 Å². The molecule has 8 nitrogen and oxygen atoms in total. The molecule has 1 fully saturated rings. The number of ether oxygens (including phenoxy) is 1. The molecule has 3 rings (SSSR count). The fourth-order valence-corrected chi connectivity index (χ4v) is 3.59. The predicted octanol–water partition coefficient (Wildman–Crippen LogP) is 2.57. The lowest BCUT2D eigenvalue weighted by Gasteiger charge is -2.28. The molecular formula is C18H20N4O4S. The van der Waals surface area contributed by atoms with E-state index in [0.29, 0.717) is 37.1 Å². The summed E-state index contributed by atoms with van der Waals surface area (Å²) in [5.41, 5.74) is 1.48. The average Bonchev–Trinajstić information content (AvgIpc) is 3.16. The van der Waals surface area contributed by atoms with Crippen LogP contribution in [-0.4, -0.2) is 60.1 Å². The maximum atomic E-state index is 12.8. The molecule has 0 N–H and O–H groups in total. The van der Waals surface area contributed by atoms with E-state index in [2.05, 4.69) is 16.5 Å². The van der Waals surface area contributed by atoms with Gasteiger partial charge in [-0.2, -0.15) is 0 Å². The number of rotatable bonds is 7. The molecule has 1 saturated heterocycles. The number of nitrogens with zero attached hydrogens (tertiary/aromatic N) is 4. The molecular weight excluding hydrogens is 368 g/mol. The Morgan fingerprint density at radius 3 is 2.70 bits per heavy atom. The second-order valence-corrected chi connectivity index (χ2v) is 6.84. The molecule has 0 aliphatic carbocycles. The Morgan fingerprint density at radius 1 is 1.37 bits per heavy atom. The molecule has 0 saturated carbocycles. The molecule has 2 heterocycles. The molecule has 2 aromatic rings. The SMILES string of the molecule is C=CCN(C(=O)CN1CCOCC1)c1nc(-c2ccc([N+](=O)[O-])cc2)cs1. The van der Waals surface area contributed by atoms with E-state index in [4.69, 9.17) is 4.74 Å². The second kappa shape index (κ2) is 8.85. The van der Waals surface area contributed by atoms with Gasteiger partial charge in [-0.05, 0) is 12.1 Å². The van der Waals surface area contributed by atoms with E-state index in [1.54, 1.807) is 23.1 Å². The van der Waals surface area contributed by atoms with Gasteiger partial charge in [0.1, 0.15) is 0 Å². The monoisotopic (exact) mass is 388 g/mol. The summed E-state index contributed by atoms with van der Waals surface area (Å²) in [6.45, 7) is 7.15. The summed E-state index contributed by atoms with van der Waals surface area (Å²) >= 11 is 1.36. The van der Waals surface area contributed by atoms with Crippen molar-refractivity contribution in [2.24, 2.45) is 0 Å². The molecule has 1 amide bonds. The summed E-state index contributed by atoms with van der Waals surface area (Å²) in [6.07, 6.45) is 1.67. The average molecular weight is 388 g/mol. The van der Waals surface area contributed by atoms with Crippen LogP contribution in [0.25, 0.3) is 11.3 Å². The molecule has 27 heavy (non-hydrogen) atoms. The number of benzene rings is 1. The van der Waals surface area contributed by atoms with Crippen LogP contribution in [0.15, 0.2) is 42.3 Å². The van der Waals surface area contributed by atoms with Gasteiger partial charge < -0.3 is 4.74 Å². The molecule has 9 heteroatoms. The van der Waals surface area contributed by atoms with Gasteiger partial charge in [0.05, 0.1) is 30.4 Å². The van der Waals surface area contributed by atoms with E-state index < -0.39 is 4.92 Å². The molecule has 142 valence electrons. The summed E-state index contributed by atoms with van der Waals surface area (Å²) in [7, 11) is 0. The van der Waals surface area contributed by atoms with Crippen LogP contribution >= 0.6 is 11.3 Å². The van der Waals surface area contributed by atoms with Gasteiger partial charge in [-0.25, -0.2) is 4.98 Å². The normalized spacial score (nSPS) is 14.7. The van der Waals surface area contributed by atoms with Gasteiger partial charge in [0.25, 0.3) is 5.69 Å². The van der Waals surface area contributed by atoms with Crippen molar-refractivity contribution in [3.8, 4) is 11.3 Å². The summed E-state index contributed by atoms with van der Waals surface area (Å²) in [6, 6.07) is 6.20. The zero-order valence-corrected chi connectivity index (χ0v) is 15.6. The van der Waals surface area contributed by atoms with E-state index in [-0.39, 0.29) is 11.6 Å². The van der Waals surface area contributed by atoms with Crippen LogP contribution in [0.3, 0.4) is 0 Å². The summed E-state index contributed by atoms with van der Waals surface area (Å²) in [4.78, 5) is 31.3. The number of hydrogen-bond acceptors (Lipinski definition) is 7. The zero-order chi connectivity index (χ0) is 19.2. The molecule has 1 aliphatic heterocycles. The van der Waals surface area contributed by atoms with Crippen LogP contribution in [0.5, 0.6) is 0 Å². The number of morpholine rings is 1. The van der Waals surface area contributed by atoms with Gasteiger partial charge in [-0.3, -0.25) is 24.7 Å². The van der Waals surface area contributed by atoms with Gasteiger partial charge >= 0.3 is 0 Å². The number of amides is 1. The number of non-ortho nitro benzene ring substituents is 1. The quantitative estimate of drug-likeness (QED) is 0.411. The molecule has 0 unspecified atom stereocenters. The van der Waals surface area contributed by atoms with Crippen molar-refractivity contribution in [3.63, 3.8) is 0 Å². The Hall–Kier alpha value is -2.62. The Bertz CT molecular complexity index is 815. The molecule has 1 aliphatic rings. The standard InChI is InChI=1S/C18H20N4O4S/c1-2-7-21(17(23)12-20-8-10-26-11-9-20)18-19-16(13-27-18)14-3-5-15(6-4-14)22(24)25/h2-6,13H,1,7-12H2. The first-order valence-corrected chi connectivity index (χ1v) is 9.38. The lowest BCUT2D eigenvalue weighted by atomic mass is 10.1. The number of anilines is 1. The number of nitro groups is 1. The van der Waals surface area contributed by atoms with Crippen molar-refractivity contribution in [1.82, 2.24) is 9.88 Å². The van der Waals surface area contributed by atoms with E-state index in [0.717, 1.165) is 18.7 Å². The van der Waals surface area contributed by atoms with Crippen LogP contribution in [0.1, 0.15) is 0 Å². The van der Waals surface area contributed by atoms with Crippen LogP contribution in [0, 0.1) is 10.1 Å². The fourth-order valence-electron chi connectivity index (χ4n) is 2.73. The van der Waals surface area contributed by atoms with Gasteiger partial charge in [0, 0.05) is 42.7 Å². The number of carbonyl (C=O) groups is 1. The zero-order valence-electron chi connectivity index (χ0n) is 14.7. The first-order valence-electron chi connectivity index (χ1n) is 8.50. The lowest BCUT2D eigenvalue weighted by Crippen LogP contribution is -2.45. The number of nitro benzene ring substituents is 1. The molecule has 0 atom stereocenters. The minimum atomic E-state index is -0.438. The highest BCUT2D eigenvalue weighted by Gasteiger charge is 2.22. The number of carbonyl (C=O) groups excluding carboxylic acids is 1. The first-order chi connectivity index (χ1) is 13.1. The fraction of sp³-hybridized carbons (Fsp3) is 0.333. The van der Waals surface area contributed by atoms with Crippen LogP contribution in [0.2, 0.25) is 0 Å². The third-order valence-corrected chi connectivity index (χ3v) is 5.04. The molecule has 1 aromatic heterocycles. The second-order valence-electron chi connectivity index (χ2n) is 6.00. The van der Waals surface area contributed by atoms with Gasteiger partial charge in [0.15, 0.2) is 5.13 Å². The summed E-state index contributed by atoms with van der Waals surface area (Å²) in [5.74, 6) is -0.0404. The van der Waals surface area contributed by atoms with Gasteiger partial charge in [-0.1, -0.05) is 6.08 Å². The number of aromatic nitrogens is 1. The predicted molar refractivity (Wildman–Crippen MR) is 104 cm³/mol. The van der Waals surface area contributed by atoms with Crippen molar-refractivity contribution in [3.05, 3.63) is 52.4 Å². The van der Waals surface area contributed by atoms with Crippen LogP contribution < -0.4 is 4.90 Å². The smallest absolute Gasteiger partial charge is 0.269 e. The van der Waals surface area contributed by atoms with E-state index in [9.17, 15) is 14.9 Å². The van der Waals surface area contributed by atoms with Crippen molar-refractivity contribution in [2.45, 2.75) is 0 Å². The molecule has 0 radical (unpaired) electrons. The highest BCUT2D eigenvalue weighted by molar-refractivity contribution is 7.14. The lowest BCUT2D eigenvalue weighted by molar-refractivity contribution is -0.384. The Kier molecular flexibility index (Phi) is 6.28. The third kappa shape index (κ3) is 4.76. The Labute approximate surface area is 160 Å². The largest absolute Gasteiger partial charge is 0.379 e. The Morgan fingerprint density at radius 2 is 2.07 bits per heavy atom. The maximum absolute atomic E-state index is 12.8. The topological polar surface area (TPSA) is 88.8 Å². The first kappa shape index (κ1) is 19.2. The van der Waals surface area contributed by atoms with Crippen molar-refractivity contribution in [2.75, 3.05) is 44.3 Å². The van der Waals surface area contributed by atoms with Crippen molar-refractivity contribution in [1.29, 1.82) is 0 Å². The number of hydrogen-bond donors (Lipinski definition) is 0. The summed E-state index contributed by atoms with van der Waals surface area (Å²) < 4.78 is 5.31. The highest BCUT2D eigenvalue weighted by Crippen LogP contribution is 2.28. The van der Waals surface area contributed by atoms with Crippen LogP contribution in [0.4, 0.5) is 10.8 Å². The van der Waals surface area contributed by atoms with Gasteiger partial charge in [0.2, 0.25) is 5.91 Å². The Balaban J connectivity index is 1.75. The third-order valence-electron chi connectivity index (χ3n) is 4.17. The highest BCUT2D eigenvalue weighted by atomic mass is 32.1. The van der Waals surface area contributed by atoms with E-state index in [1.165, 1.54) is 23.5 Å². The maximum Gasteiger partial charge on any atom is 0.269 e. The van der Waals surface area contributed by atoms with Gasteiger partial charge in [-0.15, -0.1) is 17.9 Å². The minimum absolute atomic E-state index is 0.0307. The van der Waals surface area contributed by atoms with Crippen LogP contribution in [-0.2, 0) is 9.53 Å². The molecule has 1 aromatic carbocycles. The van der Waals surface area contributed by atoms with Crippen molar-refractivity contribution < 1.29 is 14.5 Å². The van der Waals surface area contributed by atoms with E-state index in [1.807, 2.05) is 5.38 Å². The molecule has 0 bridgehead atoms. The number of thiazole rings is 1. The minimum Gasteiger partial charge on any atom is -0.379 e. The van der Waals surface area contributed by atoms with E-state index >= 15 is 0 Å².